The van der Waals surface area contributed by atoms with Crippen molar-refractivity contribution < 1.29 is 4.74 Å². The standard InChI is InChI=1S/C60H43NOSi2/c1-6-22-44(23-7-1)51-40-38-47(42-52(51)45-24-8-2-9-25-45)61(46-26-10-3-11-27-46)48-39-41-59-60(43-48)63(49-28-12-4-13-29-49,50-30-14-5-15-31-50)57-36-20-21-37-58(57)64(59)55-34-18-16-32-53(55)62-54-33-17-19-35-56(54)64/h1-43H. The molecule has 2 aliphatic rings. The number of ether oxygens (including phenoxy) is 1. The van der Waals surface area contributed by atoms with Crippen LogP contribution < -0.4 is 51.1 Å². The Morgan fingerprint density at radius 3 is 1.23 bits per heavy atom. The van der Waals surface area contributed by atoms with Crippen molar-refractivity contribution in [3.05, 3.63) is 261 Å². The van der Waals surface area contributed by atoms with Gasteiger partial charge in [0.25, 0.3) is 0 Å². The molecule has 4 heteroatoms. The highest BCUT2D eigenvalue weighted by Gasteiger charge is 2.59. The third kappa shape index (κ3) is 5.77. The monoisotopic (exact) mass is 849 g/mol. The summed E-state index contributed by atoms with van der Waals surface area (Å²) in [6.45, 7) is 0. The number of fused-ring (bicyclic) bond motifs is 8. The lowest BCUT2D eigenvalue weighted by atomic mass is 9.93. The number of benzene rings is 10. The molecular formula is C60H43NOSi2. The molecule has 0 aliphatic carbocycles. The molecule has 0 N–H and O–H groups in total. The van der Waals surface area contributed by atoms with Crippen LogP contribution in [0.15, 0.2) is 261 Å². The van der Waals surface area contributed by atoms with E-state index < -0.39 is 16.1 Å². The van der Waals surface area contributed by atoms with Crippen molar-refractivity contribution in [2.75, 3.05) is 4.90 Å². The van der Waals surface area contributed by atoms with Crippen molar-refractivity contribution in [3.63, 3.8) is 0 Å². The lowest BCUT2D eigenvalue weighted by molar-refractivity contribution is 0.487. The second-order valence-electron chi connectivity index (χ2n) is 16.7. The largest absolute Gasteiger partial charge is 0.458 e. The number of rotatable bonds is 7. The first-order valence-electron chi connectivity index (χ1n) is 22.1. The van der Waals surface area contributed by atoms with E-state index in [9.17, 15) is 0 Å². The summed E-state index contributed by atoms with van der Waals surface area (Å²) in [5, 5.41) is 11.1. The Kier molecular flexibility index (Phi) is 9.22. The third-order valence-electron chi connectivity index (χ3n) is 13.5. The van der Waals surface area contributed by atoms with Crippen molar-refractivity contribution in [1.82, 2.24) is 0 Å². The number of nitrogens with zero attached hydrogens (tertiary/aromatic N) is 1. The zero-order valence-electron chi connectivity index (χ0n) is 35.2. The number of hydrogen-bond donors (Lipinski definition) is 0. The van der Waals surface area contributed by atoms with E-state index >= 15 is 0 Å². The van der Waals surface area contributed by atoms with Crippen LogP contribution in [0, 0.1) is 0 Å². The van der Waals surface area contributed by atoms with Gasteiger partial charge in [-0.3, -0.25) is 0 Å². The topological polar surface area (TPSA) is 12.5 Å². The average Bonchev–Trinajstić information content (AvgIpc) is 3.38. The lowest BCUT2D eigenvalue weighted by Crippen LogP contribution is -2.93. The quantitative estimate of drug-likeness (QED) is 0.148. The molecule has 64 heavy (non-hydrogen) atoms. The molecule has 10 aromatic rings. The van der Waals surface area contributed by atoms with E-state index in [4.69, 9.17) is 4.74 Å². The fraction of sp³-hybridized carbons (Fsp3) is 0. The van der Waals surface area contributed by atoms with Crippen LogP contribution in [0.5, 0.6) is 11.5 Å². The van der Waals surface area contributed by atoms with Crippen molar-refractivity contribution in [1.29, 1.82) is 0 Å². The van der Waals surface area contributed by atoms with E-state index in [1.807, 2.05) is 0 Å². The van der Waals surface area contributed by atoms with E-state index in [0.29, 0.717) is 0 Å². The second-order valence-corrected chi connectivity index (χ2v) is 24.1. The van der Waals surface area contributed by atoms with E-state index in [-0.39, 0.29) is 0 Å². The zero-order valence-corrected chi connectivity index (χ0v) is 37.2. The second kappa shape index (κ2) is 15.5. The Labute approximate surface area is 377 Å². The van der Waals surface area contributed by atoms with E-state index in [2.05, 4.69) is 266 Å². The molecule has 0 bridgehead atoms. The molecule has 0 radical (unpaired) electrons. The number of hydrogen-bond acceptors (Lipinski definition) is 2. The van der Waals surface area contributed by atoms with Crippen LogP contribution in [0.2, 0.25) is 0 Å². The Morgan fingerprint density at radius 2 is 0.672 bits per heavy atom. The fourth-order valence-corrected chi connectivity index (χ4v) is 23.2. The van der Waals surface area contributed by atoms with Crippen LogP contribution in [0.25, 0.3) is 22.3 Å². The maximum absolute atomic E-state index is 6.86. The van der Waals surface area contributed by atoms with Crippen molar-refractivity contribution >= 4 is 74.7 Å². The Balaban J connectivity index is 1.21. The first-order valence-corrected chi connectivity index (χ1v) is 26.1. The summed E-state index contributed by atoms with van der Waals surface area (Å²) in [4.78, 5) is 2.47. The average molecular weight is 850 g/mol. The maximum Gasteiger partial charge on any atom is 0.188 e. The van der Waals surface area contributed by atoms with E-state index in [1.54, 1.807) is 0 Å². The van der Waals surface area contributed by atoms with Crippen LogP contribution >= 0.6 is 0 Å². The van der Waals surface area contributed by atoms with Crippen LogP contribution in [0.1, 0.15) is 0 Å². The molecule has 2 aliphatic heterocycles. The summed E-state index contributed by atoms with van der Waals surface area (Å²) < 4.78 is 6.86. The molecule has 0 saturated heterocycles. The molecule has 302 valence electrons. The first-order chi connectivity index (χ1) is 31.8. The maximum atomic E-state index is 6.86. The van der Waals surface area contributed by atoms with Gasteiger partial charge < -0.3 is 9.64 Å². The third-order valence-corrected chi connectivity index (χ3v) is 23.8. The normalized spacial score (nSPS) is 13.7. The molecule has 0 fully saturated rings. The number of para-hydroxylation sites is 3. The molecule has 2 heterocycles. The van der Waals surface area contributed by atoms with Gasteiger partial charge in [0.05, 0.1) is 0 Å². The molecule has 0 amide bonds. The summed E-state index contributed by atoms with van der Waals surface area (Å²) in [6, 6.07) is 96.9. The Bertz CT molecular complexity index is 3220. The predicted octanol–water partition coefficient (Wildman–Crippen LogP) is 9.66. The van der Waals surface area contributed by atoms with Gasteiger partial charge in [0.15, 0.2) is 16.1 Å². The minimum Gasteiger partial charge on any atom is -0.458 e. The fourth-order valence-electron chi connectivity index (χ4n) is 10.9. The van der Waals surface area contributed by atoms with Gasteiger partial charge in [-0.25, -0.2) is 0 Å². The smallest absolute Gasteiger partial charge is 0.188 e. The molecule has 0 aromatic heterocycles. The van der Waals surface area contributed by atoms with Gasteiger partial charge in [-0.2, -0.15) is 0 Å². The van der Waals surface area contributed by atoms with Crippen LogP contribution in [-0.4, -0.2) is 16.1 Å². The van der Waals surface area contributed by atoms with Crippen molar-refractivity contribution in [2.45, 2.75) is 0 Å². The van der Waals surface area contributed by atoms with E-state index in [0.717, 1.165) is 28.6 Å². The molecule has 12 rings (SSSR count). The summed E-state index contributed by atoms with van der Waals surface area (Å²) in [7, 11) is -6.09. The summed E-state index contributed by atoms with van der Waals surface area (Å²) >= 11 is 0. The van der Waals surface area contributed by atoms with Gasteiger partial charge in [-0.05, 0) is 112 Å². The zero-order chi connectivity index (χ0) is 42.5. The molecule has 0 saturated carbocycles. The Morgan fingerprint density at radius 1 is 0.266 bits per heavy atom. The Hall–Kier alpha value is -7.77. The summed E-state index contributed by atoms with van der Waals surface area (Å²) in [6.07, 6.45) is 0. The van der Waals surface area contributed by atoms with Crippen LogP contribution in [-0.2, 0) is 0 Å². The SMILES string of the molecule is c1ccc(-c2ccc(N(c3ccccc3)c3ccc4c(c3)[Si](c3ccccc3)(c3ccccc3)c3ccccc3[Si]43c4ccccc4Oc4ccccc43)cc2-c2ccccc2)cc1. The van der Waals surface area contributed by atoms with Crippen molar-refractivity contribution in [3.8, 4) is 33.8 Å². The minimum absolute atomic E-state index is 0.948. The minimum atomic E-state index is -3.06. The molecule has 10 aromatic carbocycles. The van der Waals surface area contributed by atoms with Gasteiger partial charge in [-0.15, -0.1) is 0 Å². The highest BCUT2D eigenvalue weighted by molar-refractivity contribution is 7.33. The lowest BCUT2D eigenvalue weighted by Gasteiger charge is -2.50. The van der Waals surface area contributed by atoms with Crippen LogP contribution in [0.3, 0.4) is 0 Å². The molecule has 0 unspecified atom stereocenters. The highest BCUT2D eigenvalue weighted by Crippen LogP contribution is 2.41. The summed E-state index contributed by atoms with van der Waals surface area (Å²) in [5.74, 6) is 1.90. The van der Waals surface area contributed by atoms with Gasteiger partial charge in [0, 0.05) is 17.1 Å². The highest BCUT2D eigenvalue weighted by atomic mass is 28.3. The molecule has 0 atom stereocenters. The van der Waals surface area contributed by atoms with Gasteiger partial charge in [0.2, 0.25) is 0 Å². The van der Waals surface area contributed by atoms with Gasteiger partial charge in [-0.1, -0.05) is 212 Å². The molecule has 2 nitrogen and oxygen atoms in total. The summed E-state index contributed by atoms with van der Waals surface area (Å²) in [5.41, 5.74) is 8.10. The predicted molar refractivity (Wildman–Crippen MR) is 273 cm³/mol. The molecule has 1 spiro atoms. The van der Waals surface area contributed by atoms with Crippen molar-refractivity contribution in [2.24, 2.45) is 0 Å². The van der Waals surface area contributed by atoms with Gasteiger partial charge in [0.1, 0.15) is 11.5 Å². The first kappa shape index (κ1) is 38.0. The molecular weight excluding hydrogens is 807 g/mol. The number of anilines is 3. The van der Waals surface area contributed by atoms with E-state index in [1.165, 1.54) is 63.7 Å². The van der Waals surface area contributed by atoms with Crippen LogP contribution in [0.4, 0.5) is 17.1 Å². The van der Waals surface area contributed by atoms with Gasteiger partial charge >= 0.3 is 0 Å².